The summed E-state index contributed by atoms with van der Waals surface area (Å²) in [5, 5.41) is 4.73. The average molecular weight is 699 g/mol. The molecule has 5 atom stereocenters. The van der Waals surface area contributed by atoms with Gasteiger partial charge in [-0.1, -0.05) is 37.6 Å². The second-order valence-electron chi connectivity index (χ2n) is 16.4. The van der Waals surface area contributed by atoms with Gasteiger partial charge in [-0.25, -0.2) is 9.97 Å². The minimum atomic E-state index is -0.517. The summed E-state index contributed by atoms with van der Waals surface area (Å²) in [6, 6.07) is 9.33. The van der Waals surface area contributed by atoms with Crippen LogP contribution in [-0.2, 0) is 14.3 Å². The van der Waals surface area contributed by atoms with E-state index in [4.69, 9.17) is 19.4 Å². The summed E-state index contributed by atoms with van der Waals surface area (Å²) in [5.41, 5.74) is 8.66. The third-order valence-electron chi connectivity index (χ3n) is 11.7. The van der Waals surface area contributed by atoms with E-state index in [1.54, 1.807) is 0 Å². The molecular weight excluding hydrogens is 649 g/mol. The number of aromatic nitrogens is 5. The molecule has 2 aliphatic heterocycles. The highest BCUT2D eigenvalue weighted by molar-refractivity contribution is 5.91. The summed E-state index contributed by atoms with van der Waals surface area (Å²) >= 11 is 0. The number of ether oxygens (including phenoxy) is 2. The normalized spacial score (nSPS) is 26.1. The molecule has 270 valence electrons. The Morgan fingerprint density at radius 1 is 0.981 bits per heavy atom. The van der Waals surface area contributed by atoms with Crippen LogP contribution in [0.5, 0.6) is 0 Å². The molecule has 0 spiro atoms. The van der Waals surface area contributed by atoms with Gasteiger partial charge in [-0.15, -0.1) is 0 Å². The highest BCUT2D eigenvalue weighted by Crippen LogP contribution is 2.47. The molecule has 0 bridgehead atoms. The van der Waals surface area contributed by atoms with Crippen LogP contribution in [0, 0.1) is 11.8 Å². The zero-order valence-corrected chi connectivity index (χ0v) is 30.8. The van der Waals surface area contributed by atoms with Crippen molar-refractivity contribution in [3.63, 3.8) is 0 Å². The third kappa shape index (κ3) is 6.06. The van der Waals surface area contributed by atoms with E-state index in [1.807, 2.05) is 33.2 Å². The smallest absolute Gasteiger partial charge is 0.310 e. The van der Waals surface area contributed by atoms with Gasteiger partial charge in [0.1, 0.15) is 23.0 Å². The fourth-order valence-corrected chi connectivity index (χ4v) is 9.12. The van der Waals surface area contributed by atoms with E-state index in [9.17, 15) is 4.79 Å². The van der Waals surface area contributed by atoms with Gasteiger partial charge in [-0.3, -0.25) is 4.79 Å². The van der Waals surface area contributed by atoms with E-state index < -0.39 is 5.60 Å². The first-order valence-electron chi connectivity index (χ1n) is 19.4. The molecule has 3 aromatic heterocycles. The predicted molar refractivity (Wildman–Crippen MR) is 204 cm³/mol. The number of carbonyl (C=O) groups is 1. The van der Waals surface area contributed by atoms with Crippen molar-refractivity contribution in [3.8, 4) is 11.3 Å². The molecule has 9 heteroatoms. The van der Waals surface area contributed by atoms with Gasteiger partial charge in [-0.2, -0.15) is 0 Å². The highest BCUT2D eigenvalue weighted by Gasteiger charge is 2.41. The Balaban J connectivity index is 1.06. The molecule has 52 heavy (non-hydrogen) atoms. The second kappa shape index (κ2) is 13.1. The first kappa shape index (κ1) is 33.2. The predicted octanol–water partition coefficient (Wildman–Crippen LogP) is 9.43. The van der Waals surface area contributed by atoms with Gasteiger partial charge < -0.3 is 29.3 Å². The summed E-state index contributed by atoms with van der Waals surface area (Å²) in [4.78, 5) is 30.3. The Morgan fingerprint density at radius 3 is 2.63 bits per heavy atom. The van der Waals surface area contributed by atoms with E-state index in [0.717, 1.165) is 97.8 Å². The van der Waals surface area contributed by atoms with Gasteiger partial charge in [0.05, 0.1) is 47.0 Å². The van der Waals surface area contributed by atoms with E-state index in [-0.39, 0.29) is 30.0 Å². The lowest BCUT2D eigenvalue weighted by Gasteiger charge is -2.35. The van der Waals surface area contributed by atoms with Crippen LogP contribution in [0.25, 0.3) is 33.3 Å². The van der Waals surface area contributed by atoms with Gasteiger partial charge in [0.15, 0.2) is 0 Å². The number of hydrogen-bond acceptors (Lipinski definition) is 6. The molecule has 0 amide bonds. The van der Waals surface area contributed by atoms with Crippen LogP contribution < -0.4 is 5.32 Å². The number of fused-ring (bicyclic) bond motifs is 4. The summed E-state index contributed by atoms with van der Waals surface area (Å²) in [6.45, 7) is 9.05. The molecule has 4 aromatic rings. The zero-order valence-electron chi connectivity index (χ0n) is 30.8. The van der Waals surface area contributed by atoms with Crippen molar-refractivity contribution < 1.29 is 14.3 Å². The number of nitrogens with one attached hydrogen (secondary N) is 3. The molecule has 9 rings (SSSR count). The molecule has 5 heterocycles. The number of nitrogens with zero attached hydrogens (tertiary/aromatic N) is 3. The molecular formula is C43H50N6O3. The SMILES string of the molecule is CC1CCCC(c2ncc(-c3ccc4c(c3)cc3n4C(C4=CCCC=C4)OC4=C3CCC(c3cnc(C5CCCN5)[nH]3)=C4)[nH]2)C1C(=O)OC(C)(C)C. The molecule has 5 aliphatic rings. The van der Waals surface area contributed by atoms with Crippen molar-refractivity contribution in [2.24, 2.45) is 11.8 Å². The third-order valence-corrected chi connectivity index (χ3v) is 11.7. The Morgan fingerprint density at radius 2 is 1.83 bits per heavy atom. The van der Waals surface area contributed by atoms with Crippen LogP contribution in [0.1, 0.15) is 127 Å². The molecule has 1 saturated heterocycles. The first-order valence-corrected chi connectivity index (χ1v) is 19.4. The number of benzene rings is 1. The lowest BCUT2D eigenvalue weighted by molar-refractivity contribution is -0.164. The zero-order chi connectivity index (χ0) is 35.6. The van der Waals surface area contributed by atoms with E-state index >= 15 is 0 Å². The van der Waals surface area contributed by atoms with E-state index in [2.05, 4.69) is 75.3 Å². The van der Waals surface area contributed by atoms with Crippen LogP contribution in [-0.4, -0.2) is 42.6 Å². The number of rotatable bonds is 6. The number of esters is 1. The second-order valence-corrected chi connectivity index (χ2v) is 16.4. The van der Waals surface area contributed by atoms with Gasteiger partial charge in [0, 0.05) is 28.0 Å². The fraction of sp³-hybridized carbons (Fsp3) is 0.465. The largest absolute Gasteiger partial charge is 0.466 e. The van der Waals surface area contributed by atoms with Gasteiger partial charge in [0.2, 0.25) is 6.23 Å². The highest BCUT2D eigenvalue weighted by atomic mass is 16.6. The van der Waals surface area contributed by atoms with Crippen molar-refractivity contribution in [3.05, 3.63) is 95.3 Å². The Kier molecular flexibility index (Phi) is 8.37. The lowest BCUT2D eigenvalue weighted by Crippen LogP contribution is -2.37. The average Bonchev–Trinajstić information content (AvgIpc) is 3.96. The summed E-state index contributed by atoms with van der Waals surface area (Å²) in [7, 11) is 0. The summed E-state index contributed by atoms with van der Waals surface area (Å²) in [5.74, 6) is 2.79. The van der Waals surface area contributed by atoms with Crippen molar-refractivity contribution >= 4 is 28.0 Å². The van der Waals surface area contributed by atoms with Crippen molar-refractivity contribution in [1.82, 2.24) is 29.8 Å². The molecule has 1 saturated carbocycles. The van der Waals surface area contributed by atoms with Crippen molar-refractivity contribution in [2.45, 2.75) is 109 Å². The van der Waals surface area contributed by atoms with E-state index in [0.29, 0.717) is 6.04 Å². The fourth-order valence-electron chi connectivity index (χ4n) is 9.12. The number of aromatic amines is 2. The number of hydrogen-bond donors (Lipinski definition) is 3. The molecule has 0 radical (unpaired) electrons. The van der Waals surface area contributed by atoms with Crippen LogP contribution in [0.15, 0.2) is 72.3 Å². The summed E-state index contributed by atoms with van der Waals surface area (Å²) < 4.78 is 15.3. The molecule has 2 fully saturated rings. The van der Waals surface area contributed by atoms with Crippen LogP contribution in [0.3, 0.4) is 0 Å². The molecule has 1 aromatic carbocycles. The molecule has 3 aliphatic carbocycles. The number of H-pyrrole nitrogens is 2. The van der Waals surface area contributed by atoms with Gasteiger partial charge in [0.25, 0.3) is 0 Å². The Hall–Kier alpha value is -4.63. The standard InChI is InChI=1S/C43H50N6O3/c1-25-10-8-13-31(38(25)42(50)52-43(2,3)4)39-45-23-33(47-39)27-16-18-35-29(20-27)21-36-30-17-15-28(34-24-46-40(48-34)32-14-9-19-44-32)22-37(30)51-41(49(35)36)26-11-6-5-7-12-26/h6,11-12,16,18,20-25,31-32,38,41,44H,5,7-10,13-15,17,19H2,1-4H3,(H,45,47)(H,46,48). The van der Waals surface area contributed by atoms with Crippen LogP contribution >= 0.6 is 0 Å². The maximum Gasteiger partial charge on any atom is 0.310 e. The maximum absolute atomic E-state index is 13.4. The number of carbonyl (C=O) groups excluding carboxylic acids is 1. The van der Waals surface area contributed by atoms with Gasteiger partial charge in [-0.05, 0) is 114 Å². The molecule has 5 unspecified atom stereocenters. The van der Waals surface area contributed by atoms with E-state index in [1.165, 1.54) is 34.2 Å². The lowest BCUT2D eigenvalue weighted by atomic mass is 9.72. The van der Waals surface area contributed by atoms with Crippen LogP contribution in [0.4, 0.5) is 0 Å². The summed E-state index contributed by atoms with van der Waals surface area (Å²) in [6.07, 6.45) is 21.9. The topological polar surface area (TPSA) is 110 Å². The van der Waals surface area contributed by atoms with Gasteiger partial charge >= 0.3 is 5.97 Å². The monoisotopic (exact) mass is 698 g/mol. The maximum atomic E-state index is 13.4. The minimum absolute atomic E-state index is 0.00920. The quantitative estimate of drug-likeness (QED) is 0.173. The number of allylic oxidation sites excluding steroid dienone is 5. The van der Waals surface area contributed by atoms with Crippen LogP contribution in [0.2, 0.25) is 0 Å². The molecule has 9 nitrogen and oxygen atoms in total. The Bertz CT molecular complexity index is 2140. The first-order chi connectivity index (χ1) is 25.2. The minimum Gasteiger partial charge on any atom is -0.466 e. The van der Waals surface area contributed by atoms with Crippen molar-refractivity contribution in [2.75, 3.05) is 6.54 Å². The molecule has 3 N–H and O–H groups in total. The van der Waals surface area contributed by atoms with Crippen molar-refractivity contribution in [1.29, 1.82) is 0 Å². The Labute approximate surface area is 305 Å². The number of imidazole rings is 2.